The van der Waals surface area contributed by atoms with Crippen molar-refractivity contribution in [3.8, 4) is 0 Å². The van der Waals surface area contributed by atoms with Gasteiger partial charge in [0.1, 0.15) is 11.4 Å². The van der Waals surface area contributed by atoms with Crippen molar-refractivity contribution in [2.24, 2.45) is 0 Å². The summed E-state index contributed by atoms with van der Waals surface area (Å²) in [5.74, 6) is -0.135. The number of carbonyl (C=O) groups is 1. The highest BCUT2D eigenvalue weighted by molar-refractivity contribution is 5.75. The summed E-state index contributed by atoms with van der Waals surface area (Å²) in [4.78, 5) is 22.4. The van der Waals surface area contributed by atoms with Gasteiger partial charge in [0.05, 0.1) is 17.7 Å². The van der Waals surface area contributed by atoms with Crippen molar-refractivity contribution in [2.75, 3.05) is 0 Å². The number of nitrogens with zero attached hydrogens (tertiary/aromatic N) is 5. The Morgan fingerprint density at radius 1 is 1.43 bits per heavy atom. The smallest absolute Gasteiger partial charge is 0.312 e. The van der Waals surface area contributed by atoms with Gasteiger partial charge in [-0.2, -0.15) is 10.2 Å². The summed E-state index contributed by atoms with van der Waals surface area (Å²) in [7, 11) is 0. The zero-order chi connectivity index (χ0) is 17.0. The second kappa shape index (κ2) is 7.03. The molecule has 2 rings (SSSR count). The predicted octanol–water partition coefficient (Wildman–Crippen LogP) is 1.33. The van der Waals surface area contributed by atoms with Gasteiger partial charge in [0, 0.05) is 31.3 Å². The lowest BCUT2D eigenvalue weighted by Gasteiger charge is -2.05. The average Bonchev–Trinajstić information content (AvgIpc) is 3.07. The molecule has 0 bridgehead atoms. The molecule has 0 saturated carbocycles. The van der Waals surface area contributed by atoms with Crippen LogP contribution in [-0.2, 0) is 24.4 Å². The molecule has 2 aromatic rings. The minimum Gasteiger partial charge on any atom is -0.352 e. The topological polar surface area (TPSA) is 108 Å². The molecule has 0 aliphatic carbocycles. The van der Waals surface area contributed by atoms with E-state index in [-0.39, 0.29) is 18.0 Å². The number of hydrogen-bond acceptors (Lipinski definition) is 5. The molecule has 0 saturated heterocycles. The van der Waals surface area contributed by atoms with Crippen LogP contribution in [0.4, 0.5) is 5.69 Å². The highest BCUT2D eigenvalue weighted by Crippen LogP contribution is 2.21. The van der Waals surface area contributed by atoms with Crippen LogP contribution in [0.15, 0.2) is 12.4 Å². The number of aromatic nitrogens is 4. The summed E-state index contributed by atoms with van der Waals surface area (Å²) < 4.78 is 3.29. The molecule has 1 amide bonds. The molecule has 0 spiro atoms. The van der Waals surface area contributed by atoms with Crippen LogP contribution in [0.1, 0.15) is 30.3 Å². The lowest BCUT2D eigenvalue weighted by Crippen LogP contribution is -2.24. The highest BCUT2D eigenvalue weighted by Gasteiger charge is 2.21. The van der Waals surface area contributed by atoms with E-state index < -0.39 is 4.92 Å². The third-order valence-corrected chi connectivity index (χ3v) is 3.58. The molecule has 2 heterocycles. The van der Waals surface area contributed by atoms with Crippen LogP contribution in [0.5, 0.6) is 0 Å². The number of hydrogen-bond donors (Lipinski definition) is 1. The van der Waals surface area contributed by atoms with Crippen molar-refractivity contribution in [1.82, 2.24) is 24.9 Å². The molecule has 1 N–H and O–H groups in total. The summed E-state index contributed by atoms with van der Waals surface area (Å²) in [5, 5.41) is 22.0. The van der Waals surface area contributed by atoms with E-state index in [1.54, 1.807) is 24.7 Å². The van der Waals surface area contributed by atoms with Gasteiger partial charge in [-0.25, -0.2) is 0 Å². The molecule has 124 valence electrons. The predicted molar refractivity (Wildman–Crippen MR) is 82.7 cm³/mol. The number of nitro groups is 1. The van der Waals surface area contributed by atoms with Crippen LogP contribution in [0.2, 0.25) is 0 Å². The van der Waals surface area contributed by atoms with Crippen LogP contribution in [0.3, 0.4) is 0 Å². The monoisotopic (exact) mass is 320 g/mol. The SMILES string of the molecule is CCn1cc(CNC(=O)CCn2nc(C)c([N+](=O)[O-])c2C)cn1. The minimum atomic E-state index is -0.445. The van der Waals surface area contributed by atoms with Crippen LogP contribution in [0.25, 0.3) is 0 Å². The van der Waals surface area contributed by atoms with E-state index in [4.69, 9.17) is 0 Å². The van der Waals surface area contributed by atoms with Gasteiger partial charge in [0.15, 0.2) is 0 Å². The van der Waals surface area contributed by atoms with Crippen LogP contribution < -0.4 is 5.32 Å². The molecule has 0 radical (unpaired) electrons. The Hall–Kier alpha value is -2.71. The fourth-order valence-corrected chi connectivity index (χ4v) is 2.34. The van der Waals surface area contributed by atoms with E-state index in [1.165, 1.54) is 4.68 Å². The number of carbonyl (C=O) groups excluding carboxylic acids is 1. The first kappa shape index (κ1) is 16.7. The average molecular weight is 320 g/mol. The molecule has 0 unspecified atom stereocenters. The van der Waals surface area contributed by atoms with Crippen LogP contribution in [0, 0.1) is 24.0 Å². The fourth-order valence-electron chi connectivity index (χ4n) is 2.34. The number of rotatable bonds is 7. The van der Waals surface area contributed by atoms with Crippen LogP contribution in [-0.4, -0.2) is 30.4 Å². The van der Waals surface area contributed by atoms with Gasteiger partial charge in [0.2, 0.25) is 5.91 Å². The zero-order valence-corrected chi connectivity index (χ0v) is 13.4. The largest absolute Gasteiger partial charge is 0.352 e. The fraction of sp³-hybridized carbons (Fsp3) is 0.500. The van der Waals surface area contributed by atoms with E-state index in [2.05, 4.69) is 15.5 Å². The standard InChI is InChI=1S/C14H20N6O3/c1-4-18-9-12(8-16-18)7-15-13(21)5-6-19-11(3)14(20(22)23)10(2)17-19/h8-9H,4-7H2,1-3H3,(H,15,21). The van der Waals surface area contributed by atoms with E-state index in [0.717, 1.165) is 12.1 Å². The number of nitrogens with one attached hydrogen (secondary N) is 1. The Morgan fingerprint density at radius 3 is 2.74 bits per heavy atom. The maximum Gasteiger partial charge on any atom is 0.312 e. The number of aryl methyl sites for hydroxylation is 3. The van der Waals surface area contributed by atoms with Crippen molar-refractivity contribution >= 4 is 11.6 Å². The molecular formula is C14H20N6O3. The quantitative estimate of drug-likeness (QED) is 0.611. The van der Waals surface area contributed by atoms with Gasteiger partial charge in [0.25, 0.3) is 0 Å². The molecular weight excluding hydrogens is 300 g/mol. The number of amides is 1. The summed E-state index contributed by atoms with van der Waals surface area (Å²) >= 11 is 0. The Kier molecular flexibility index (Phi) is 5.09. The molecule has 9 nitrogen and oxygen atoms in total. The molecule has 0 atom stereocenters. The van der Waals surface area contributed by atoms with Gasteiger partial charge in [-0.15, -0.1) is 0 Å². The van der Waals surface area contributed by atoms with Crippen molar-refractivity contribution in [3.05, 3.63) is 39.5 Å². The first-order chi connectivity index (χ1) is 10.9. The molecule has 0 fully saturated rings. The summed E-state index contributed by atoms with van der Waals surface area (Å²) in [6.45, 7) is 6.71. The third kappa shape index (κ3) is 3.93. The van der Waals surface area contributed by atoms with Crippen molar-refractivity contribution < 1.29 is 9.72 Å². The summed E-state index contributed by atoms with van der Waals surface area (Å²) in [5.41, 5.74) is 1.77. The molecule has 23 heavy (non-hydrogen) atoms. The minimum absolute atomic E-state index is 0.0115. The van der Waals surface area contributed by atoms with Gasteiger partial charge in [-0.1, -0.05) is 0 Å². The third-order valence-electron chi connectivity index (χ3n) is 3.58. The maximum absolute atomic E-state index is 11.9. The Morgan fingerprint density at radius 2 is 2.17 bits per heavy atom. The Bertz CT molecular complexity index is 718. The summed E-state index contributed by atoms with van der Waals surface area (Å²) in [6.07, 6.45) is 3.81. The second-order valence-electron chi connectivity index (χ2n) is 5.23. The molecule has 0 aliphatic rings. The van der Waals surface area contributed by atoms with Crippen molar-refractivity contribution in [3.63, 3.8) is 0 Å². The van der Waals surface area contributed by atoms with Gasteiger partial charge < -0.3 is 5.32 Å². The van der Waals surface area contributed by atoms with E-state index in [0.29, 0.717) is 24.5 Å². The first-order valence-electron chi connectivity index (χ1n) is 7.38. The van der Waals surface area contributed by atoms with Crippen LogP contribution >= 0.6 is 0 Å². The zero-order valence-electron chi connectivity index (χ0n) is 13.4. The maximum atomic E-state index is 11.9. The first-order valence-corrected chi connectivity index (χ1v) is 7.38. The van der Waals surface area contributed by atoms with Crippen molar-refractivity contribution in [2.45, 2.75) is 46.8 Å². The Labute approximate surface area is 133 Å². The Balaban J connectivity index is 1.87. The molecule has 0 aliphatic heterocycles. The summed E-state index contributed by atoms with van der Waals surface area (Å²) in [6, 6.07) is 0. The van der Waals surface area contributed by atoms with Crippen molar-refractivity contribution in [1.29, 1.82) is 0 Å². The normalized spacial score (nSPS) is 10.7. The molecule has 9 heteroatoms. The van der Waals surface area contributed by atoms with E-state index in [1.807, 2.05) is 13.1 Å². The van der Waals surface area contributed by atoms with Gasteiger partial charge >= 0.3 is 5.69 Å². The van der Waals surface area contributed by atoms with Gasteiger partial charge in [-0.3, -0.25) is 24.3 Å². The lowest BCUT2D eigenvalue weighted by molar-refractivity contribution is -0.386. The molecule has 0 aromatic carbocycles. The molecule has 2 aromatic heterocycles. The second-order valence-corrected chi connectivity index (χ2v) is 5.23. The van der Waals surface area contributed by atoms with E-state index in [9.17, 15) is 14.9 Å². The van der Waals surface area contributed by atoms with Gasteiger partial charge in [-0.05, 0) is 20.8 Å². The highest BCUT2D eigenvalue weighted by atomic mass is 16.6. The lowest BCUT2D eigenvalue weighted by atomic mass is 10.3. The van der Waals surface area contributed by atoms with E-state index >= 15 is 0 Å².